The predicted octanol–water partition coefficient (Wildman–Crippen LogP) is 3.09. The van der Waals surface area contributed by atoms with Crippen LogP contribution in [0.1, 0.15) is 11.1 Å². The zero-order valence-electron chi connectivity index (χ0n) is 14.6. The van der Waals surface area contributed by atoms with Crippen LogP contribution in [0, 0.1) is 0 Å². The van der Waals surface area contributed by atoms with Gasteiger partial charge in [-0.1, -0.05) is 18.2 Å². The number of methoxy groups -OCH3 is 2. The van der Waals surface area contributed by atoms with E-state index in [2.05, 4.69) is 9.98 Å². The summed E-state index contributed by atoms with van der Waals surface area (Å²) in [5.41, 5.74) is 2.45. The van der Waals surface area contributed by atoms with E-state index in [1.165, 1.54) is 19.4 Å². The fourth-order valence-corrected chi connectivity index (χ4v) is 2.77. The van der Waals surface area contributed by atoms with Crippen molar-refractivity contribution < 1.29 is 19.4 Å². The van der Waals surface area contributed by atoms with Crippen molar-refractivity contribution in [3.05, 3.63) is 59.8 Å². The molecule has 2 N–H and O–H groups in total. The number of nitrogens with zero attached hydrogens (tertiary/aromatic N) is 1. The maximum atomic E-state index is 12.2. The summed E-state index contributed by atoms with van der Waals surface area (Å²) in [5.74, 6) is 0.217. The molecule has 0 aliphatic heterocycles. The van der Waals surface area contributed by atoms with Gasteiger partial charge in [0.05, 0.1) is 14.2 Å². The van der Waals surface area contributed by atoms with Crippen LogP contribution in [0.15, 0.2) is 53.7 Å². The van der Waals surface area contributed by atoms with E-state index in [9.17, 15) is 9.90 Å². The van der Waals surface area contributed by atoms with Crippen LogP contribution < -0.4 is 4.74 Å². The van der Waals surface area contributed by atoms with Gasteiger partial charge in [0.2, 0.25) is 0 Å². The molecule has 1 aromatic heterocycles. The Morgan fingerprint density at radius 3 is 2.85 bits per heavy atom. The highest BCUT2D eigenvalue weighted by Crippen LogP contribution is 2.23. The lowest BCUT2D eigenvalue weighted by Crippen LogP contribution is -2.23. The number of H-pyrrole nitrogens is 1. The van der Waals surface area contributed by atoms with Gasteiger partial charge in [0.25, 0.3) is 0 Å². The topological polar surface area (TPSA) is 83.9 Å². The van der Waals surface area contributed by atoms with Crippen LogP contribution in [-0.4, -0.2) is 42.5 Å². The normalized spacial score (nSPS) is 12.4. The lowest BCUT2D eigenvalue weighted by atomic mass is 10.1. The summed E-state index contributed by atoms with van der Waals surface area (Å²) in [6.07, 6.45) is 3.73. The molecule has 6 heteroatoms. The maximum Gasteiger partial charge on any atom is 0.330 e. The van der Waals surface area contributed by atoms with Gasteiger partial charge in [-0.2, -0.15) is 0 Å². The van der Waals surface area contributed by atoms with E-state index in [1.807, 2.05) is 30.5 Å². The van der Waals surface area contributed by atoms with Crippen LogP contribution in [0.4, 0.5) is 0 Å². The van der Waals surface area contributed by atoms with Crippen LogP contribution in [-0.2, 0) is 16.0 Å². The molecule has 0 amide bonds. The Labute approximate surface area is 151 Å². The summed E-state index contributed by atoms with van der Waals surface area (Å²) in [7, 11) is 2.88. The minimum atomic E-state index is -0.718. The summed E-state index contributed by atoms with van der Waals surface area (Å²) in [6, 6.07) is 12.0. The first-order valence-electron chi connectivity index (χ1n) is 8.15. The first kappa shape index (κ1) is 17.5. The number of para-hydroxylation sites is 1. The number of benzene rings is 2. The highest BCUT2D eigenvalue weighted by Gasteiger charge is 2.20. The molecule has 0 radical (unpaired) electrons. The number of carbonyl (C=O) groups is 1. The Hall–Kier alpha value is -3.28. The van der Waals surface area contributed by atoms with Crippen molar-refractivity contribution >= 4 is 23.1 Å². The molecule has 3 aromatic rings. The second kappa shape index (κ2) is 7.74. The average molecular weight is 352 g/mol. The van der Waals surface area contributed by atoms with Crippen LogP contribution in [0.3, 0.4) is 0 Å². The Bertz CT molecular complexity index is 946. The van der Waals surface area contributed by atoms with E-state index in [-0.39, 0.29) is 5.75 Å². The summed E-state index contributed by atoms with van der Waals surface area (Å²) in [5, 5.41) is 11.0. The van der Waals surface area contributed by atoms with E-state index in [1.54, 1.807) is 19.2 Å². The molecule has 0 saturated heterocycles. The SMILES string of the molecule is COC(=O)[C@H](Cc1c[nH]c2ccccc12)N=Cc1cc(OC)ccc1O. The van der Waals surface area contributed by atoms with Gasteiger partial charge in [-0.15, -0.1) is 0 Å². The summed E-state index contributed by atoms with van der Waals surface area (Å²) in [4.78, 5) is 19.7. The van der Waals surface area contributed by atoms with Gasteiger partial charge in [-0.25, -0.2) is 4.79 Å². The van der Waals surface area contributed by atoms with Crippen molar-refractivity contribution in [2.24, 2.45) is 4.99 Å². The largest absolute Gasteiger partial charge is 0.507 e. The molecule has 6 nitrogen and oxygen atoms in total. The molecular weight excluding hydrogens is 332 g/mol. The number of hydrogen-bond donors (Lipinski definition) is 2. The summed E-state index contributed by atoms with van der Waals surface area (Å²) < 4.78 is 10.0. The van der Waals surface area contributed by atoms with Gasteiger partial charge in [0.1, 0.15) is 11.5 Å². The number of aromatic nitrogens is 1. The van der Waals surface area contributed by atoms with Crippen molar-refractivity contribution in [2.45, 2.75) is 12.5 Å². The molecule has 0 aliphatic rings. The Morgan fingerprint density at radius 2 is 2.08 bits per heavy atom. The quantitative estimate of drug-likeness (QED) is 0.527. The minimum absolute atomic E-state index is 0.0604. The van der Waals surface area contributed by atoms with E-state index in [0.717, 1.165) is 16.5 Å². The molecule has 1 atom stereocenters. The van der Waals surface area contributed by atoms with Crippen molar-refractivity contribution in [2.75, 3.05) is 14.2 Å². The minimum Gasteiger partial charge on any atom is -0.507 e. The standard InChI is InChI=1S/C20H20N2O4/c1-25-15-7-8-19(23)14(9-15)12-22-18(20(24)26-2)10-13-11-21-17-6-4-3-5-16(13)17/h3-9,11-12,18,21,23H,10H2,1-2H3/t18-/m0/s1. The van der Waals surface area contributed by atoms with E-state index >= 15 is 0 Å². The van der Waals surface area contributed by atoms with Crippen molar-refractivity contribution in [3.8, 4) is 11.5 Å². The molecule has 26 heavy (non-hydrogen) atoms. The predicted molar refractivity (Wildman–Crippen MR) is 100 cm³/mol. The number of aromatic amines is 1. The number of carbonyl (C=O) groups excluding carboxylic acids is 1. The number of rotatable bonds is 6. The molecule has 3 rings (SSSR count). The van der Waals surface area contributed by atoms with Crippen molar-refractivity contribution in [1.29, 1.82) is 0 Å². The first-order valence-corrected chi connectivity index (χ1v) is 8.15. The number of aliphatic imine (C=N–C) groups is 1. The molecule has 0 aliphatic carbocycles. The van der Waals surface area contributed by atoms with Gasteiger partial charge in [0, 0.05) is 35.3 Å². The molecule has 0 fully saturated rings. The van der Waals surface area contributed by atoms with Gasteiger partial charge in [0.15, 0.2) is 6.04 Å². The van der Waals surface area contributed by atoms with Gasteiger partial charge in [-0.05, 0) is 29.8 Å². The van der Waals surface area contributed by atoms with Gasteiger partial charge >= 0.3 is 5.97 Å². The van der Waals surface area contributed by atoms with Crippen LogP contribution in [0.2, 0.25) is 0 Å². The maximum absolute atomic E-state index is 12.2. The van der Waals surface area contributed by atoms with E-state index in [4.69, 9.17) is 9.47 Å². The highest BCUT2D eigenvalue weighted by molar-refractivity contribution is 5.88. The third-order valence-electron chi connectivity index (χ3n) is 4.19. The second-order valence-corrected chi connectivity index (χ2v) is 5.81. The van der Waals surface area contributed by atoms with Crippen molar-refractivity contribution in [3.63, 3.8) is 0 Å². The number of aromatic hydroxyl groups is 1. The average Bonchev–Trinajstić information content (AvgIpc) is 3.08. The number of phenolic OH excluding ortho intramolecular Hbond substituents is 1. The lowest BCUT2D eigenvalue weighted by molar-refractivity contribution is -0.142. The van der Waals surface area contributed by atoms with Crippen LogP contribution >= 0.6 is 0 Å². The number of phenols is 1. The van der Waals surface area contributed by atoms with E-state index < -0.39 is 12.0 Å². The fourth-order valence-electron chi connectivity index (χ4n) is 2.77. The van der Waals surface area contributed by atoms with Gasteiger partial charge < -0.3 is 19.6 Å². The molecule has 2 aromatic carbocycles. The monoisotopic (exact) mass is 352 g/mol. The third-order valence-corrected chi connectivity index (χ3v) is 4.19. The lowest BCUT2D eigenvalue weighted by Gasteiger charge is -2.10. The number of ether oxygens (including phenoxy) is 2. The number of fused-ring (bicyclic) bond motifs is 1. The Kier molecular flexibility index (Phi) is 5.22. The molecule has 0 bridgehead atoms. The Morgan fingerprint density at radius 1 is 1.27 bits per heavy atom. The summed E-state index contributed by atoms with van der Waals surface area (Å²) >= 11 is 0. The van der Waals surface area contributed by atoms with E-state index in [0.29, 0.717) is 17.7 Å². The molecule has 134 valence electrons. The number of nitrogens with one attached hydrogen (secondary N) is 1. The van der Waals surface area contributed by atoms with Crippen LogP contribution in [0.25, 0.3) is 10.9 Å². The zero-order valence-corrected chi connectivity index (χ0v) is 14.6. The smallest absolute Gasteiger partial charge is 0.330 e. The fraction of sp³-hybridized carbons (Fsp3) is 0.200. The number of esters is 1. The Balaban J connectivity index is 1.88. The zero-order chi connectivity index (χ0) is 18.5. The van der Waals surface area contributed by atoms with Crippen LogP contribution in [0.5, 0.6) is 11.5 Å². The molecular formula is C20H20N2O4. The third kappa shape index (κ3) is 3.69. The van der Waals surface area contributed by atoms with Crippen molar-refractivity contribution in [1.82, 2.24) is 4.98 Å². The molecule has 0 saturated carbocycles. The summed E-state index contributed by atoms with van der Waals surface area (Å²) in [6.45, 7) is 0. The number of hydrogen-bond acceptors (Lipinski definition) is 5. The second-order valence-electron chi connectivity index (χ2n) is 5.81. The highest BCUT2D eigenvalue weighted by atomic mass is 16.5. The molecule has 0 unspecified atom stereocenters. The molecule has 1 heterocycles. The van der Waals surface area contributed by atoms with Gasteiger partial charge in [-0.3, -0.25) is 4.99 Å². The first-order chi connectivity index (χ1) is 12.6. The molecule has 0 spiro atoms.